The van der Waals surface area contributed by atoms with Gasteiger partial charge in [0.1, 0.15) is 5.82 Å². The fraction of sp³-hybridized carbons (Fsp3) is 0.562. The van der Waals surface area contributed by atoms with Crippen molar-refractivity contribution in [1.29, 1.82) is 0 Å². The number of halogens is 1. The second-order valence-corrected chi connectivity index (χ2v) is 6.55. The van der Waals surface area contributed by atoms with Gasteiger partial charge in [-0.25, -0.2) is 9.18 Å². The van der Waals surface area contributed by atoms with Gasteiger partial charge in [0.25, 0.3) is 0 Å². The van der Waals surface area contributed by atoms with Crippen molar-refractivity contribution < 1.29 is 14.3 Å². The van der Waals surface area contributed by atoms with Crippen molar-refractivity contribution in [2.24, 2.45) is 0 Å². The molecule has 0 aliphatic carbocycles. The van der Waals surface area contributed by atoms with Crippen LogP contribution in [0.4, 0.5) is 4.39 Å². The lowest BCUT2D eigenvalue weighted by molar-refractivity contribution is 0.0590. The van der Waals surface area contributed by atoms with E-state index in [9.17, 15) is 9.18 Å². The molecule has 0 aromatic heterocycles. The van der Waals surface area contributed by atoms with Gasteiger partial charge in [0, 0.05) is 38.3 Å². The van der Waals surface area contributed by atoms with E-state index >= 15 is 0 Å². The van der Waals surface area contributed by atoms with E-state index in [0.29, 0.717) is 6.54 Å². The Bertz CT molecular complexity index is 517. The van der Waals surface area contributed by atoms with Gasteiger partial charge in [-0.15, -0.1) is 0 Å². The molecule has 1 aliphatic rings. The van der Waals surface area contributed by atoms with Crippen molar-refractivity contribution in [3.05, 3.63) is 35.1 Å². The Labute approximate surface area is 125 Å². The average Bonchev–Trinajstić information content (AvgIpc) is 2.38. The molecule has 1 aromatic carbocycles. The van der Waals surface area contributed by atoms with Crippen molar-refractivity contribution in [1.82, 2.24) is 9.80 Å². The molecule has 116 valence electrons. The first-order valence-electron chi connectivity index (χ1n) is 7.26. The summed E-state index contributed by atoms with van der Waals surface area (Å²) in [5, 5.41) is 8.83. The second-order valence-electron chi connectivity index (χ2n) is 6.55. The standard InChI is InChI=1S/C16H23FN2O2/c1-16(2,3)19-8-6-18(7-9-19)11-12-4-5-13(15(20)21)14(17)10-12/h4-5,10H,6-9,11H2,1-3H3,(H,20,21). The highest BCUT2D eigenvalue weighted by molar-refractivity contribution is 5.87. The molecule has 1 heterocycles. The van der Waals surface area contributed by atoms with Crippen LogP contribution in [-0.4, -0.2) is 52.6 Å². The maximum atomic E-state index is 13.7. The number of hydrogen-bond acceptors (Lipinski definition) is 3. The van der Waals surface area contributed by atoms with Crippen LogP contribution in [0, 0.1) is 5.82 Å². The molecule has 0 atom stereocenters. The fourth-order valence-corrected chi connectivity index (χ4v) is 2.67. The Morgan fingerprint density at radius 2 is 1.86 bits per heavy atom. The summed E-state index contributed by atoms with van der Waals surface area (Å²) in [6.45, 7) is 11.2. The molecule has 0 radical (unpaired) electrons. The quantitative estimate of drug-likeness (QED) is 0.930. The molecule has 0 spiro atoms. The predicted octanol–water partition coefficient (Wildman–Crippen LogP) is 2.44. The number of aromatic carboxylic acids is 1. The zero-order valence-corrected chi connectivity index (χ0v) is 12.9. The lowest BCUT2D eigenvalue weighted by Gasteiger charge is -2.42. The van der Waals surface area contributed by atoms with Crippen molar-refractivity contribution in [3.63, 3.8) is 0 Å². The van der Waals surface area contributed by atoms with Gasteiger partial charge in [-0.1, -0.05) is 6.07 Å². The molecule has 5 heteroatoms. The number of benzene rings is 1. The molecule has 0 bridgehead atoms. The van der Waals surface area contributed by atoms with Gasteiger partial charge in [-0.05, 0) is 38.5 Å². The van der Waals surface area contributed by atoms with E-state index in [1.165, 1.54) is 12.1 Å². The van der Waals surface area contributed by atoms with Gasteiger partial charge in [0.05, 0.1) is 5.56 Å². The number of nitrogens with zero attached hydrogens (tertiary/aromatic N) is 2. The van der Waals surface area contributed by atoms with Gasteiger partial charge in [-0.2, -0.15) is 0 Å². The number of piperazine rings is 1. The normalized spacial score (nSPS) is 17.9. The first-order chi connectivity index (χ1) is 9.77. The molecule has 0 saturated carbocycles. The molecular formula is C16H23FN2O2. The van der Waals surface area contributed by atoms with Gasteiger partial charge >= 0.3 is 5.97 Å². The number of rotatable bonds is 3. The van der Waals surface area contributed by atoms with Gasteiger partial charge in [0.15, 0.2) is 0 Å². The highest BCUT2D eigenvalue weighted by Crippen LogP contribution is 2.18. The van der Waals surface area contributed by atoms with Crippen LogP contribution >= 0.6 is 0 Å². The Morgan fingerprint density at radius 3 is 2.33 bits per heavy atom. The predicted molar refractivity (Wildman–Crippen MR) is 80.0 cm³/mol. The zero-order chi connectivity index (χ0) is 15.6. The number of hydrogen-bond donors (Lipinski definition) is 1. The minimum atomic E-state index is -1.22. The first kappa shape index (κ1) is 15.9. The van der Waals surface area contributed by atoms with Crippen LogP contribution in [0.2, 0.25) is 0 Å². The molecule has 1 aliphatic heterocycles. The molecule has 4 nitrogen and oxygen atoms in total. The molecule has 1 N–H and O–H groups in total. The monoisotopic (exact) mass is 294 g/mol. The maximum absolute atomic E-state index is 13.7. The van der Waals surface area contributed by atoms with Crippen LogP contribution in [0.15, 0.2) is 18.2 Å². The van der Waals surface area contributed by atoms with Crippen LogP contribution in [0.5, 0.6) is 0 Å². The first-order valence-corrected chi connectivity index (χ1v) is 7.26. The third-order valence-electron chi connectivity index (χ3n) is 3.99. The lowest BCUT2D eigenvalue weighted by atomic mass is 10.0. The van der Waals surface area contributed by atoms with Crippen molar-refractivity contribution in [2.45, 2.75) is 32.9 Å². The van der Waals surface area contributed by atoms with Crippen LogP contribution in [-0.2, 0) is 6.54 Å². The van der Waals surface area contributed by atoms with Crippen molar-refractivity contribution in [2.75, 3.05) is 26.2 Å². The van der Waals surface area contributed by atoms with Crippen LogP contribution in [0.3, 0.4) is 0 Å². The summed E-state index contributed by atoms with van der Waals surface area (Å²) in [7, 11) is 0. The molecule has 1 saturated heterocycles. The van der Waals surface area contributed by atoms with E-state index in [0.717, 1.165) is 31.7 Å². The Kier molecular flexibility index (Phi) is 4.64. The van der Waals surface area contributed by atoms with Crippen molar-refractivity contribution >= 4 is 5.97 Å². The number of carboxylic acids is 1. The van der Waals surface area contributed by atoms with Crippen LogP contribution in [0.1, 0.15) is 36.7 Å². The topological polar surface area (TPSA) is 43.8 Å². The third kappa shape index (κ3) is 4.02. The van der Waals surface area contributed by atoms with Crippen LogP contribution < -0.4 is 0 Å². The Balaban J connectivity index is 1.95. The summed E-state index contributed by atoms with van der Waals surface area (Å²) in [5.41, 5.74) is 0.736. The van der Waals surface area contributed by atoms with Crippen LogP contribution in [0.25, 0.3) is 0 Å². The Hall–Kier alpha value is -1.46. The lowest BCUT2D eigenvalue weighted by Crippen LogP contribution is -2.53. The number of carboxylic acid groups (broad SMARTS) is 1. The molecule has 2 rings (SSSR count). The van der Waals surface area contributed by atoms with Crippen molar-refractivity contribution in [3.8, 4) is 0 Å². The average molecular weight is 294 g/mol. The molecular weight excluding hydrogens is 271 g/mol. The van der Waals surface area contributed by atoms with Gasteiger partial charge in [0.2, 0.25) is 0 Å². The smallest absolute Gasteiger partial charge is 0.338 e. The van der Waals surface area contributed by atoms with E-state index < -0.39 is 11.8 Å². The minimum Gasteiger partial charge on any atom is -0.478 e. The second kappa shape index (κ2) is 6.12. The summed E-state index contributed by atoms with van der Waals surface area (Å²) in [4.78, 5) is 15.5. The van der Waals surface area contributed by atoms with E-state index in [4.69, 9.17) is 5.11 Å². The molecule has 1 fully saturated rings. The minimum absolute atomic E-state index is 0.182. The Morgan fingerprint density at radius 1 is 1.24 bits per heavy atom. The number of carbonyl (C=O) groups is 1. The SMILES string of the molecule is CC(C)(C)N1CCN(Cc2ccc(C(=O)O)c(F)c2)CC1. The molecule has 1 aromatic rings. The molecule has 0 unspecified atom stereocenters. The third-order valence-corrected chi connectivity index (χ3v) is 3.99. The van der Waals surface area contributed by atoms with E-state index in [1.807, 2.05) is 0 Å². The summed E-state index contributed by atoms with van der Waals surface area (Å²) >= 11 is 0. The summed E-state index contributed by atoms with van der Waals surface area (Å²) < 4.78 is 13.7. The molecule has 21 heavy (non-hydrogen) atoms. The van der Waals surface area contributed by atoms with Gasteiger partial charge in [-0.3, -0.25) is 9.80 Å². The van der Waals surface area contributed by atoms with Gasteiger partial charge < -0.3 is 5.11 Å². The molecule has 0 amide bonds. The highest BCUT2D eigenvalue weighted by Gasteiger charge is 2.25. The fourth-order valence-electron chi connectivity index (χ4n) is 2.67. The maximum Gasteiger partial charge on any atom is 0.338 e. The van der Waals surface area contributed by atoms with E-state index in [-0.39, 0.29) is 11.1 Å². The summed E-state index contributed by atoms with van der Waals surface area (Å²) in [5.74, 6) is -1.88. The largest absolute Gasteiger partial charge is 0.478 e. The zero-order valence-electron chi connectivity index (χ0n) is 12.9. The summed E-state index contributed by atoms with van der Waals surface area (Å²) in [6, 6.07) is 4.38. The van der Waals surface area contributed by atoms with E-state index in [1.54, 1.807) is 6.07 Å². The van der Waals surface area contributed by atoms with E-state index in [2.05, 4.69) is 30.6 Å². The highest BCUT2D eigenvalue weighted by atomic mass is 19.1. The summed E-state index contributed by atoms with van der Waals surface area (Å²) in [6.07, 6.45) is 0.